The molecule has 32 heteroatoms. The summed E-state index contributed by atoms with van der Waals surface area (Å²) in [6, 6.07) is 0. The second-order valence-corrected chi connectivity index (χ2v) is 29.7. The first-order valence-corrected chi connectivity index (χ1v) is 32.3. The van der Waals surface area contributed by atoms with Gasteiger partial charge in [0.25, 0.3) is 0 Å². The normalized spacial score (nSPS) is 53.3. The average Bonchev–Trinajstić information content (AvgIpc) is 0.671. The third-order valence-corrected chi connectivity index (χ3v) is 23.8. The molecule has 32 nitrogen and oxygen atoms in total. The highest BCUT2D eigenvalue weighted by Crippen LogP contribution is 2.76. The van der Waals surface area contributed by atoms with Gasteiger partial charge in [0.15, 0.2) is 43.5 Å². The zero-order chi connectivity index (χ0) is 69.3. The van der Waals surface area contributed by atoms with Crippen LogP contribution in [0.5, 0.6) is 0 Å². The average molecular weight is 1350 g/mol. The summed E-state index contributed by atoms with van der Waals surface area (Å²) in [4.78, 5) is 55.1. The van der Waals surface area contributed by atoms with E-state index < -0.39 is 253 Å². The number of allylic oxidation sites excluding steroid dienone is 2. The number of aliphatic hydroxyl groups excluding tert-OH is 15. The van der Waals surface area contributed by atoms with Crippen molar-refractivity contribution in [2.24, 2.45) is 50.2 Å². The van der Waals surface area contributed by atoms with Crippen molar-refractivity contribution in [1.82, 2.24) is 0 Å². The number of carboxylic acids is 2. The Hall–Kier alpha value is -3.34. The van der Waals surface area contributed by atoms with E-state index in [1.165, 1.54) is 20.8 Å². The number of aliphatic hydroxyl groups is 15. The third-order valence-electron chi connectivity index (χ3n) is 23.8. The lowest BCUT2D eigenvalue weighted by Gasteiger charge is -2.71. The quantitative estimate of drug-likeness (QED) is 0.0417. The number of hydrogen-bond donors (Lipinski definition) is 17. The van der Waals surface area contributed by atoms with Crippen LogP contribution in [0.3, 0.4) is 0 Å². The number of carbonyl (C=O) groups is 4. The maximum atomic E-state index is 16.1. The highest BCUT2D eigenvalue weighted by molar-refractivity contribution is 5.80. The summed E-state index contributed by atoms with van der Waals surface area (Å²) in [7, 11) is 0. The van der Waals surface area contributed by atoms with Gasteiger partial charge < -0.3 is 139 Å². The number of rotatable bonds is 15. The monoisotopic (exact) mass is 1350 g/mol. The van der Waals surface area contributed by atoms with E-state index in [1.54, 1.807) is 0 Å². The Morgan fingerprint density at radius 3 is 1.62 bits per heavy atom. The Morgan fingerprint density at radius 1 is 0.532 bits per heavy atom. The summed E-state index contributed by atoms with van der Waals surface area (Å²) >= 11 is 0. The Morgan fingerprint density at radius 2 is 1.06 bits per heavy atom. The minimum absolute atomic E-state index is 0.0392. The molecule has 5 aliphatic heterocycles. The molecular formula is C62H96O32. The van der Waals surface area contributed by atoms with E-state index in [4.69, 9.17) is 52.1 Å². The zero-order valence-electron chi connectivity index (χ0n) is 53.8. The van der Waals surface area contributed by atoms with Crippen LogP contribution in [-0.4, -0.2) is 296 Å². The van der Waals surface area contributed by atoms with Crippen molar-refractivity contribution in [1.29, 1.82) is 0 Å². The lowest BCUT2D eigenvalue weighted by Crippen LogP contribution is -2.71. The second kappa shape index (κ2) is 26.6. The fourth-order valence-corrected chi connectivity index (χ4v) is 18.5. The fourth-order valence-electron chi connectivity index (χ4n) is 18.5. The molecule has 4 saturated carbocycles. The van der Waals surface area contributed by atoms with Gasteiger partial charge in [0.05, 0.1) is 43.0 Å². The van der Waals surface area contributed by atoms with Crippen molar-refractivity contribution in [3.05, 3.63) is 11.6 Å². The van der Waals surface area contributed by atoms with Crippen LogP contribution in [0, 0.1) is 50.2 Å². The maximum Gasteiger partial charge on any atom is 0.335 e. The van der Waals surface area contributed by atoms with Crippen molar-refractivity contribution < 1.29 is 158 Å². The molecule has 5 heterocycles. The van der Waals surface area contributed by atoms with Crippen LogP contribution >= 0.6 is 0 Å². The van der Waals surface area contributed by atoms with Gasteiger partial charge in [-0.15, -0.1) is 0 Å². The molecule has 9 fully saturated rings. The van der Waals surface area contributed by atoms with E-state index in [-0.39, 0.29) is 44.4 Å². The number of aliphatic carboxylic acids is 2. The Labute approximate surface area is 541 Å². The molecule has 11 unspecified atom stereocenters. The van der Waals surface area contributed by atoms with Crippen LogP contribution in [0.25, 0.3) is 0 Å². The van der Waals surface area contributed by atoms with E-state index in [2.05, 4.69) is 13.8 Å². The molecule has 5 aliphatic carbocycles. The summed E-state index contributed by atoms with van der Waals surface area (Å²) in [5, 5.41) is 187. The molecule has 5 saturated heterocycles. The SMILES string of the molecule is CC(=O)O[C@@H]1[C@H](O[C@@H]2O[C@H](CO)[C@@H](O)[C@H](O)[C@H]2O)[C@@H](O[C@@H]2O[C@@H](C)[C@H](O)[C@@H](O[C@@H]3O[C@H](CO)[C@@H](O)[C@H](O)[C@H]3O)[C@H]2O)[C@H](OC(=O)C23CCC4(C)C(=CCC5C6(C)CC(O)C(O[C@@H]7O[C@H](C(=O)O)[C@@H](O)[C@H](O)[C@H]7O)C(C)(C(=O)O)C6CCC54C)C2CC(C)(C)CC3O)O[C@@H]1C. The van der Waals surface area contributed by atoms with Crippen molar-refractivity contribution in [3.8, 4) is 0 Å². The van der Waals surface area contributed by atoms with Crippen molar-refractivity contribution in [2.75, 3.05) is 13.2 Å². The molecule has 94 heavy (non-hydrogen) atoms. The number of ether oxygens (including phenoxy) is 11. The molecule has 0 amide bonds. The minimum Gasteiger partial charge on any atom is -0.481 e. The smallest absolute Gasteiger partial charge is 0.335 e. The number of carboxylic acid groups (broad SMARTS) is 2. The molecule has 17 N–H and O–H groups in total. The van der Waals surface area contributed by atoms with Gasteiger partial charge in [-0.25, -0.2) is 4.79 Å². The number of carbonyl (C=O) groups excluding carboxylic acids is 2. The summed E-state index contributed by atoms with van der Waals surface area (Å²) in [6.45, 7) is 13.4. The van der Waals surface area contributed by atoms with E-state index in [9.17, 15) is 101 Å². The van der Waals surface area contributed by atoms with Crippen molar-refractivity contribution >= 4 is 23.9 Å². The lowest BCUT2D eigenvalue weighted by atomic mass is 9.33. The van der Waals surface area contributed by atoms with E-state index >= 15 is 4.79 Å². The Balaban J connectivity index is 0.998. The topological polar surface area (TPSA) is 514 Å². The molecule has 0 aromatic heterocycles. The minimum atomic E-state index is -2.16. The van der Waals surface area contributed by atoms with Crippen LogP contribution in [0.2, 0.25) is 0 Å². The number of hydrogen-bond acceptors (Lipinski definition) is 30. The highest BCUT2D eigenvalue weighted by Gasteiger charge is 2.74. The van der Waals surface area contributed by atoms with Crippen LogP contribution < -0.4 is 0 Å². The van der Waals surface area contributed by atoms with Crippen LogP contribution in [0.15, 0.2) is 11.6 Å². The summed E-state index contributed by atoms with van der Waals surface area (Å²) in [5.74, 6) is -6.94. The maximum absolute atomic E-state index is 16.1. The van der Waals surface area contributed by atoms with Gasteiger partial charge >= 0.3 is 23.9 Å². The lowest BCUT2D eigenvalue weighted by molar-refractivity contribution is -0.394. The van der Waals surface area contributed by atoms with Crippen LogP contribution in [0.1, 0.15) is 114 Å². The van der Waals surface area contributed by atoms with E-state index in [0.717, 1.165) is 12.5 Å². The van der Waals surface area contributed by atoms with Crippen LogP contribution in [-0.2, 0) is 71.3 Å². The van der Waals surface area contributed by atoms with Gasteiger partial charge in [0.2, 0.25) is 6.29 Å². The second-order valence-electron chi connectivity index (χ2n) is 29.7. The molecule has 10 aliphatic rings. The van der Waals surface area contributed by atoms with Gasteiger partial charge in [-0.05, 0) is 112 Å². The Bertz CT molecular complexity index is 2790. The summed E-state index contributed by atoms with van der Waals surface area (Å²) in [5.41, 5.74) is -6.11. The van der Waals surface area contributed by atoms with Gasteiger partial charge in [-0.3, -0.25) is 14.4 Å². The molecule has 0 radical (unpaired) electrons. The number of esters is 2. The first-order chi connectivity index (χ1) is 43.8. The van der Waals surface area contributed by atoms with E-state index in [0.29, 0.717) is 12.8 Å². The molecular weight excluding hydrogens is 1260 g/mol. The third kappa shape index (κ3) is 12.0. The molecule has 10 rings (SSSR count). The first kappa shape index (κ1) is 73.4. The first-order valence-electron chi connectivity index (χ1n) is 32.3. The largest absolute Gasteiger partial charge is 0.481 e. The van der Waals surface area contributed by atoms with Gasteiger partial charge in [-0.1, -0.05) is 46.3 Å². The van der Waals surface area contributed by atoms with E-state index in [1.807, 2.05) is 26.8 Å². The molecule has 0 spiro atoms. The predicted octanol–water partition coefficient (Wildman–Crippen LogP) is -4.49. The van der Waals surface area contributed by atoms with Crippen molar-refractivity contribution in [3.63, 3.8) is 0 Å². The molecule has 36 atom stereocenters. The molecule has 0 bridgehead atoms. The standard InChI is InChI=1S/C62H96O32/c1-21-32(68)44(89-50-39(75)35(71)33(69)27(19-63)87-50)42(78)53(84-21)92-47-46(91-51-40(76)36(72)34(70)28(20-64)88-51)43(86-23(3)65)22(2)85-54(47)94-56(83)62-15-14-59(7)24(25(62)16-57(4,5)18-31(62)67)10-11-29-58(6)17-26(66)48(61(9,55(81)82)30(58)12-13-60(29,59)8)93-52-41(77)37(73)38(74)45(90-52)49(79)80/h10,21-22,25-48,50-54,63-64,66-78H,11-20H2,1-9H3,(H,79,80)(H,81,82)/t21-,22+,25?,26?,27+,28+,29?,30?,31?,32-,33+,34+,35-,36-,37-,38-,39+,40+,41+,42+,43-,44+,45-,46-,47+,48?,50-,51-,52-,53-,54-,58?,59?,60?,61?,62?/m0/s1. The van der Waals surface area contributed by atoms with Gasteiger partial charge in [0.1, 0.15) is 103 Å². The van der Waals surface area contributed by atoms with Crippen molar-refractivity contribution in [2.45, 2.75) is 286 Å². The van der Waals surface area contributed by atoms with Gasteiger partial charge in [-0.2, -0.15) is 0 Å². The Kier molecular flexibility index (Phi) is 20.8. The van der Waals surface area contributed by atoms with Crippen LogP contribution in [0.4, 0.5) is 0 Å². The fraction of sp³-hybridized carbons (Fsp3) is 0.903. The highest BCUT2D eigenvalue weighted by atomic mass is 16.8. The summed E-state index contributed by atoms with van der Waals surface area (Å²) in [6.07, 6.45) is -48.4. The van der Waals surface area contributed by atoms with Gasteiger partial charge in [0, 0.05) is 6.92 Å². The predicted molar refractivity (Wildman–Crippen MR) is 307 cm³/mol. The zero-order valence-corrected chi connectivity index (χ0v) is 53.8. The molecule has 0 aromatic carbocycles. The number of fused-ring (bicyclic) bond motifs is 7. The summed E-state index contributed by atoms with van der Waals surface area (Å²) < 4.78 is 66.4. The molecule has 536 valence electrons. The molecule has 0 aromatic rings.